The van der Waals surface area contributed by atoms with Gasteiger partial charge >= 0.3 is 0 Å². The Labute approximate surface area is 112 Å². The average molecular weight is 252 g/mol. The summed E-state index contributed by atoms with van der Waals surface area (Å²) in [4.78, 5) is 7.50. The van der Waals surface area contributed by atoms with E-state index in [0.717, 1.165) is 22.3 Å². The van der Waals surface area contributed by atoms with Gasteiger partial charge in [0.15, 0.2) is 0 Å². The van der Waals surface area contributed by atoms with Gasteiger partial charge in [-0.15, -0.1) is 0 Å². The number of fused-ring (bicyclic) bond motifs is 1. The molecule has 0 spiro atoms. The molecule has 0 atom stereocenters. The molecule has 0 aliphatic carbocycles. The van der Waals surface area contributed by atoms with Crippen molar-refractivity contribution in [3.05, 3.63) is 48.8 Å². The molecule has 3 nitrogen and oxygen atoms in total. The fraction of sp³-hybridized carbons (Fsp3) is 0.188. The average Bonchev–Trinajstić information content (AvgIpc) is 2.83. The number of nitrogens with zero attached hydrogens (tertiary/aromatic N) is 1. The third kappa shape index (κ3) is 2.32. The molecule has 0 amide bonds. The Morgan fingerprint density at radius 2 is 1.89 bits per heavy atom. The molecule has 0 radical (unpaired) electrons. The SMILES string of the molecule is CC(C)Oc1ccc(-c2c[nH]c3ncccc23)cc1. The van der Waals surface area contributed by atoms with Gasteiger partial charge in [-0.3, -0.25) is 0 Å². The molecular formula is C16H16N2O. The molecule has 96 valence electrons. The molecule has 0 saturated carbocycles. The number of H-pyrrole nitrogens is 1. The molecule has 2 heterocycles. The lowest BCUT2D eigenvalue weighted by Gasteiger charge is -2.09. The maximum Gasteiger partial charge on any atom is 0.137 e. The zero-order valence-electron chi connectivity index (χ0n) is 11.1. The molecule has 1 N–H and O–H groups in total. The quantitative estimate of drug-likeness (QED) is 0.764. The molecule has 2 aromatic heterocycles. The summed E-state index contributed by atoms with van der Waals surface area (Å²) < 4.78 is 5.65. The molecule has 0 aliphatic rings. The number of benzene rings is 1. The number of hydrogen-bond acceptors (Lipinski definition) is 2. The molecule has 3 heteroatoms. The van der Waals surface area contributed by atoms with Gasteiger partial charge < -0.3 is 9.72 Å². The van der Waals surface area contributed by atoms with E-state index in [4.69, 9.17) is 4.74 Å². The highest BCUT2D eigenvalue weighted by Gasteiger charge is 2.06. The first-order valence-corrected chi connectivity index (χ1v) is 6.43. The van der Waals surface area contributed by atoms with Gasteiger partial charge in [-0.2, -0.15) is 0 Å². The summed E-state index contributed by atoms with van der Waals surface area (Å²) in [7, 11) is 0. The molecular weight excluding hydrogens is 236 g/mol. The van der Waals surface area contributed by atoms with Crippen LogP contribution in [0.3, 0.4) is 0 Å². The van der Waals surface area contributed by atoms with Crippen molar-refractivity contribution in [2.75, 3.05) is 0 Å². The third-order valence-electron chi connectivity index (χ3n) is 2.99. The van der Waals surface area contributed by atoms with E-state index in [1.807, 2.05) is 38.2 Å². The van der Waals surface area contributed by atoms with E-state index >= 15 is 0 Å². The molecule has 0 aliphatic heterocycles. The Kier molecular flexibility index (Phi) is 2.95. The van der Waals surface area contributed by atoms with Crippen LogP contribution in [-0.4, -0.2) is 16.1 Å². The Bertz CT molecular complexity index is 683. The first kappa shape index (κ1) is 11.8. The number of rotatable bonds is 3. The highest BCUT2D eigenvalue weighted by atomic mass is 16.5. The number of aromatic nitrogens is 2. The van der Waals surface area contributed by atoms with Gasteiger partial charge in [0.1, 0.15) is 11.4 Å². The maximum absolute atomic E-state index is 5.65. The Morgan fingerprint density at radius 1 is 1.11 bits per heavy atom. The minimum absolute atomic E-state index is 0.197. The van der Waals surface area contributed by atoms with Gasteiger partial charge in [0, 0.05) is 23.3 Å². The summed E-state index contributed by atoms with van der Waals surface area (Å²) in [5.74, 6) is 0.900. The Balaban J connectivity index is 1.98. The summed E-state index contributed by atoms with van der Waals surface area (Å²) in [6.07, 6.45) is 3.99. The van der Waals surface area contributed by atoms with Gasteiger partial charge in [-0.25, -0.2) is 4.98 Å². The van der Waals surface area contributed by atoms with Crippen molar-refractivity contribution < 1.29 is 4.74 Å². The van der Waals surface area contributed by atoms with Crippen LogP contribution in [0.4, 0.5) is 0 Å². The molecule has 0 saturated heterocycles. The maximum atomic E-state index is 5.65. The Morgan fingerprint density at radius 3 is 2.63 bits per heavy atom. The van der Waals surface area contributed by atoms with E-state index in [2.05, 4.69) is 28.2 Å². The van der Waals surface area contributed by atoms with Crippen molar-refractivity contribution in [3.63, 3.8) is 0 Å². The second-order valence-corrected chi connectivity index (χ2v) is 4.79. The minimum Gasteiger partial charge on any atom is -0.491 e. The predicted molar refractivity (Wildman–Crippen MR) is 77.3 cm³/mol. The molecule has 3 aromatic rings. The van der Waals surface area contributed by atoms with Crippen LogP contribution in [0, 0.1) is 0 Å². The third-order valence-corrected chi connectivity index (χ3v) is 2.99. The number of aromatic amines is 1. The van der Waals surface area contributed by atoms with E-state index < -0.39 is 0 Å². The van der Waals surface area contributed by atoms with Crippen LogP contribution in [-0.2, 0) is 0 Å². The summed E-state index contributed by atoms with van der Waals surface area (Å²) in [6.45, 7) is 4.05. The zero-order chi connectivity index (χ0) is 13.2. The largest absolute Gasteiger partial charge is 0.491 e. The molecule has 19 heavy (non-hydrogen) atoms. The molecule has 3 rings (SSSR count). The first-order chi connectivity index (χ1) is 9.24. The number of nitrogens with one attached hydrogen (secondary N) is 1. The van der Waals surface area contributed by atoms with Crippen LogP contribution in [0.5, 0.6) is 5.75 Å². The van der Waals surface area contributed by atoms with Crippen molar-refractivity contribution in [1.29, 1.82) is 0 Å². The number of hydrogen-bond donors (Lipinski definition) is 1. The zero-order valence-corrected chi connectivity index (χ0v) is 11.1. The van der Waals surface area contributed by atoms with E-state index in [0.29, 0.717) is 0 Å². The summed E-state index contributed by atoms with van der Waals surface area (Å²) in [6, 6.07) is 12.2. The molecule has 0 unspecified atom stereocenters. The van der Waals surface area contributed by atoms with Gasteiger partial charge in [-0.1, -0.05) is 12.1 Å². The second-order valence-electron chi connectivity index (χ2n) is 4.79. The highest BCUT2D eigenvalue weighted by Crippen LogP contribution is 2.28. The van der Waals surface area contributed by atoms with Crippen LogP contribution in [0.2, 0.25) is 0 Å². The molecule has 0 bridgehead atoms. The van der Waals surface area contributed by atoms with Crippen molar-refractivity contribution in [3.8, 4) is 16.9 Å². The van der Waals surface area contributed by atoms with Crippen molar-refractivity contribution in [2.45, 2.75) is 20.0 Å². The fourth-order valence-electron chi connectivity index (χ4n) is 2.18. The second kappa shape index (κ2) is 4.76. The smallest absolute Gasteiger partial charge is 0.137 e. The fourth-order valence-corrected chi connectivity index (χ4v) is 2.18. The van der Waals surface area contributed by atoms with Crippen LogP contribution >= 0.6 is 0 Å². The lowest BCUT2D eigenvalue weighted by atomic mass is 10.1. The monoisotopic (exact) mass is 252 g/mol. The van der Waals surface area contributed by atoms with Crippen molar-refractivity contribution in [1.82, 2.24) is 9.97 Å². The van der Waals surface area contributed by atoms with Crippen LogP contribution in [0.15, 0.2) is 48.8 Å². The highest BCUT2D eigenvalue weighted by molar-refractivity contribution is 5.93. The molecule has 1 aromatic carbocycles. The van der Waals surface area contributed by atoms with Gasteiger partial charge in [0.2, 0.25) is 0 Å². The first-order valence-electron chi connectivity index (χ1n) is 6.43. The standard InChI is InChI=1S/C16H16N2O/c1-11(2)19-13-7-5-12(6-8-13)15-10-18-16-14(15)4-3-9-17-16/h3-11H,1-2H3,(H,17,18). The van der Waals surface area contributed by atoms with Crippen LogP contribution in [0.1, 0.15) is 13.8 Å². The normalized spacial score (nSPS) is 11.1. The minimum atomic E-state index is 0.197. The summed E-state index contributed by atoms with van der Waals surface area (Å²) >= 11 is 0. The number of ether oxygens (including phenoxy) is 1. The van der Waals surface area contributed by atoms with Crippen molar-refractivity contribution >= 4 is 11.0 Å². The molecule has 0 fully saturated rings. The Hall–Kier alpha value is -2.29. The van der Waals surface area contributed by atoms with E-state index in [1.165, 1.54) is 5.56 Å². The van der Waals surface area contributed by atoms with Gasteiger partial charge in [-0.05, 0) is 43.7 Å². The lowest BCUT2D eigenvalue weighted by molar-refractivity contribution is 0.242. The van der Waals surface area contributed by atoms with E-state index in [1.54, 1.807) is 6.20 Å². The van der Waals surface area contributed by atoms with Crippen LogP contribution in [0.25, 0.3) is 22.2 Å². The number of pyridine rings is 1. The lowest BCUT2D eigenvalue weighted by Crippen LogP contribution is -2.05. The predicted octanol–water partition coefficient (Wildman–Crippen LogP) is 4.02. The van der Waals surface area contributed by atoms with Crippen LogP contribution < -0.4 is 4.74 Å². The van der Waals surface area contributed by atoms with E-state index in [-0.39, 0.29) is 6.10 Å². The van der Waals surface area contributed by atoms with E-state index in [9.17, 15) is 0 Å². The summed E-state index contributed by atoms with van der Waals surface area (Å²) in [5.41, 5.74) is 3.24. The van der Waals surface area contributed by atoms with Gasteiger partial charge in [0.25, 0.3) is 0 Å². The van der Waals surface area contributed by atoms with Crippen molar-refractivity contribution in [2.24, 2.45) is 0 Å². The van der Waals surface area contributed by atoms with Gasteiger partial charge in [0.05, 0.1) is 6.10 Å². The topological polar surface area (TPSA) is 37.9 Å². The summed E-state index contributed by atoms with van der Waals surface area (Å²) in [5, 5.41) is 1.14.